The molecule has 1 unspecified atom stereocenters. The molecular weight excluding hydrogens is 424 g/mol. The van der Waals surface area contributed by atoms with Crippen LogP contribution >= 0.6 is 0 Å². The highest BCUT2D eigenvalue weighted by atomic mass is 16.5. The third-order valence-corrected chi connectivity index (χ3v) is 6.18. The molecule has 0 aromatic heterocycles. The molecule has 0 aliphatic rings. The van der Waals surface area contributed by atoms with E-state index in [9.17, 15) is 9.59 Å². The van der Waals surface area contributed by atoms with Gasteiger partial charge >= 0.3 is 11.9 Å². The zero-order valence-corrected chi connectivity index (χ0v) is 22.4. The Morgan fingerprint density at radius 1 is 0.706 bits per heavy atom. The van der Waals surface area contributed by atoms with Gasteiger partial charge in [-0.25, -0.2) is 9.59 Å². The smallest absolute Gasteiger partial charge is 0.338 e. The molecule has 0 saturated carbocycles. The van der Waals surface area contributed by atoms with Crippen molar-refractivity contribution in [3.63, 3.8) is 0 Å². The third kappa shape index (κ3) is 15.1. The number of unbranched alkanes of at least 4 members (excludes halogenated alkanes) is 13. The van der Waals surface area contributed by atoms with Crippen LogP contribution in [-0.2, 0) is 9.47 Å². The average molecular weight is 475 g/mol. The first-order valence-corrected chi connectivity index (χ1v) is 13.9. The van der Waals surface area contributed by atoms with Crippen molar-refractivity contribution in [2.24, 2.45) is 5.92 Å². The van der Waals surface area contributed by atoms with E-state index in [0.717, 1.165) is 19.3 Å². The third-order valence-electron chi connectivity index (χ3n) is 6.18. The van der Waals surface area contributed by atoms with E-state index in [0.29, 0.717) is 23.7 Å². The topological polar surface area (TPSA) is 52.6 Å². The summed E-state index contributed by atoms with van der Waals surface area (Å²) in [6, 6.07) is 6.63. The molecule has 1 aromatic carbocycles. The summed E-state index contributed by atoms with van der Waals surface area (Å²) in [5.74, 6) is -0.312. The highest BCUT2D eigenvalue weighted by Crippen LogP contribution is 2.15. The van der Waals surface area contributed by atoms with Crippen LogP contribution in [0.5, 0.6) is 0 Å². The van der Waals surface area contributed by atoms with Crippen molar-refractivity contribution in [1.82, 2.24) is 0 Å². The fraction of sp³-hybridized carbons (Fsp3) is 0.733. The molecule has 1 aromatic rings. The van der Waals surface area contributed by atoms with Gasteiger partial charge < -0.3 is 9.47 Å². The Kier molecular flexibility index (Phi) is 17.3. The Morgan fingerprint density at radius 2 is 1.18 bits per heavy atom. The summed E-state index contributed by atoms with van der Waals surface area (Å²) in [7, 11) is 0. The molecule has 0 radical (unpaired) electrons. The van der Waals surface area contributed by atoms with Gasteiger partial charge in [0.25, 0.3) is 0 Å². The molecule has 1 rings (SSSR count). The average Bonchev–Trinajstić information content (AvgIpc) is 2.81. The summed E-state index contributed by atoms with van der Waals surface area (Å²) < 4.78 is 10.9. The van der Waals surface area contributed by atoms with Gasteiger partial charge in [0.15, 0.2) is 0 Å². The first-order valence-electron chi connectivity index (χ1n) is 13.9. The van der Waals surface area contributed by atoms with E-state index in [1.54, 1.807) is 24.3 Å². The van der Waals surface area contributed by atoms with Gasteiger partial charge in [-0.1, -0.05) is 110 Å². The maximum absolute atomic E-state index is 12.3. The van der Waals surface area contributed by atoms with Crippen LogP contribution in [0.15, 0.2) is 24.3 Å². The highest BCUT2D eigenvalue weighted by Gasteiger charge is 2.15. The Morgan fingerprint density at radius 3 is 1.68 bits per heavy atom. The minimum absolute atomic E-state index is 0.150. The second kappa shape index (κ2) is 19.5. The lowest BCUT2D eigenvalue weighted by Gasteiger charge is -2.15. The van der Waals surface area contributed by atoms with Crippen LogP contribution in [0, 0.1) is 5.92 Å². The van der Waals surface area contributed by atoms with E-state index < -0.39 is 5.97 Å². The molecule has 0 aliphatic carbocycles. The van der Waals surface area contributed by atoms with Crippen molar-refractivity contribution in [1.29, 1.82) is 0 Å². The largest absolute Gasteiger partial charge is 0.462 e. The number of ether oxygens (including phenoxy) is 2. The summed E-state index contributed by atoms with van der Waals surface area (Å²) in [6.45, 7) is 8.78. The molecule has 34 heavy (non-hydrogen) atoms. The number of carbonyl (C=O) groups is 2. The number of rotatable bonds is 20. The highest BCUT2D eigenvalue weighted by molar-refractivity contribution is 5.95. The fourth-order valence-electron chi connectivity index (χ4n) is 4.28. The molecule has 1 atom stereocenters. The van der Waals surface area contributed by atoms with Crippen molar-refractivity contribution >= 4 is 11.9 Å². The van der Waals surface area contributed by atoms with Crippen molar-refractivity contribution in [3.8, 4) is 0 Å². The zero-order valence-electron chi connectivity index (χ0n) is 22.4. The Labute approximate surface area is 209 Å². The lowest BCUT2D eigenvalue weighted by molar-refractivity contribution is 0.0299. The summed E-state index contributed by atoms with van der Waals surface area (Å²) >= 11 is 0. The van der Waals surface area contributed by atoms with Crippen LogP contribution in [0.2, 0.25) is 0 Å². The first-order chi connectivity index (χ1) is 16.4. The summed E-state index contributed by atoms with van der Waals surface area (Å²) in [5.41, 5.74) is 0.790. The summed E-state index contributed by atoms with van der Waals surface area (Å²) in [5, 5.41) is 0. The first kappa shape index (κ1) is 30.2. The van der Waals surface area contributed by atoms with Gasteiger partial charge in [-0.2, -0.15) is 0 Å². The number of carbonyl (C=O) groups excluding carboxylic acids is 2. The van der Waals surface area contributed by atoms with Gasteiger partial charge in [0.05, 0.1) is 23.8 Å². The number of hydrogen-bond donors (Lipinski definition) is 0. The predicted octanol–water partition coefficient (Wildman–Crippen LogP) is 8.92. The van der Waals surface area contributed by atoms with Crippen LogP contribution in [0.1, 0.15) is 145 Å². The molecule has 4 nitrogen and oxygen atoms in total. The molecule has 4 heteroatoms. The number of esters is 2. The standard InChI is InChI=1S/C30H50O4/c1-5-6-7-8-9-10-11-12-13-14-15-16-17-18-22-33-29(31)27-20-19-21-28(24-27)30(32)34-26(4)23-25(2)3/h19-21,24-26H,5-18,22-23H2,1-4H3. The quantitative estimate of drug-likeness (QED) is 0.140. The van der Waals surface area contributed by atoms with Gasteiger partial charge in [-0.3, -0.25) is 0 Å². The Hall–Kier alpha value is -1.84. The zero-order chi connectivity index (χ0) is 25.0. The van der Waals surface area contributed by atoms with E-state index in [-0.39, 0.29) is 12.1 Å². The lowest BCUT2D eigenvalue weighted by Crippen LogP contribution is -2.17. The lowest BCUT2D eigenvalue weighted by atomic mass is 10.0. The Bertz CT molecular complexity index is 668. The van der Waals surface area contributed by atoms with Crippen LogP contribution in [0.4, 0.5) is 0 Å². The maximum Gasteiger partial charge on any atom is 0.338 e. The minimum atomic E-state index is -0.394. The van der Waals surface area contributed by atoms with E-state index in [1.807, 2.05) is 6.92 Å². The monoisotopic (exact) mass is 474 g/mol. The van der Waals surface area contributed by atoms with Gasteiger partial charge in [-0.15, -0.1) is 0 Å². The van der Waals surface area contributed by atoms with Crippen LogP contribution in [-0.4, -0.2) is 24.6 Å². The van der Waals surface area contributed by atoms with Crippen molar-refractivity contribution in [2.45, 2.75) is 130 Å². The fourth-order valence-corrected chi connectivity index (χ4v) is 4.28. The van der Waals surface area contributed by atoms with E-state index in [1.165, 1.54) is 77.0 Å². The Balaban J connectivity index is 2.10. The van der Waals surface area contributed by atoms with Gasteiger partial charge in [-0.05, 0) is 43.9 Å². The molecule has 0 spiro atoms. The molecule has 0 saturated heterocycles. The molecular formula is C30H50O4. The molecule has 0 fully saturated rings. The van der Waals surface area contributed by atoms with Crippen LogP contribution < -0.4 is 0 Å². The van der Waals surface area contributed by atoms with Crippen molar-refractivity contribution < 1.29 is 19.1 Å². The summed E-state index contributed by atoms with van der Waals surface area (Å²) in [4.78, 5) is 24.7. The molecule has 0 heterocycles. The van der Waals surface area contributed by atoms with Crippen molar-refractivity contribution in [2.75, 3.05) is 6.61 Å². The SMILES string of the molecule is CCCCCCCCCCCCCCCCOC(=O)c1cccc(C(=O)OC(C)CC(C)C)c1. The van der Waals surface area contributed by atoms with Crippen LogP contribution in [0.25, 0.3) is 0 Å². The van der Waals surface area contributed by atoms with Crippen LogP contribution in [0.3, 0.4) is 0 Å². The molecule has 194 valence electrons. The van der Waals surface area contributed by atoms with Gasteiger partial charge in [0.1, 0.15) is 0 Å². The molecule has 0 aliphatic heterocycles. The predicted molar refractivity (Wildman–Crippen MR) is 141 cm³/mol. The van der Waals surface area contributed by atoms with E-state index >= 15 is 0 Å². The maximum atomic E-state index is 12.3. The van der Waals surface area contributed by atoms with E-state index in [2.05, 4.69) is 20.8 Å². The van der Waals surface area contributed by atoms with E-state index in [4.69, 9.17) is 9.47 Å². The molecule has 0 bridgehead atoms. The second-order valence-corrected chi connectivity index (χ2v) is 10.2. The normalized spacial score (nSPS) is 12.0. The molecule has 0 amide bonds. The number of hydrogen-bond acceptors (Lipinski definition) is 4. The number of benzene rings is 1. The minimum Gasteiger partial charge on any atom is -0.462 e. The molecule has 0 N–H and O–H groups in total. The second-order valence-electron chi connectivity index (χ2n) is 10.2. The van der Waals surface area contributed by atoms with Crippen molar-refractivity contribution in [3.05, 3.63) is 35.4 Å². The van der Waals surface area contributed by atoms with Gasteiger partial charge in [0, 0.05) is 0 Å². The van der Waals surface area contributed by atoms with Gasteiger partial charge in [0.2, 0.25) is 0 Å². The summed E-state index contributed by atoms with van der Waals surface area (Å²) in [6.07, 6.45) is 18.9.